The highest BCUT2D eigenvalue weighted by atomic mass is 16.2. The summed E-state index contributed by atoms with van der Waals surface area (Å²) < 4.78 is 0. The van der Waals surface area contributed by atoms with Crippen molar-refractivity contribution in [3.63, 3.8) is 0 Å². The fraction of sp³-hybridized carbons (Fsp3) is 0.545. The molecule has 1 amide bonds. The highest BCUT2D eigenvalue weighted by Gasteiger charge is 2.29. The lowest BCUT2D eigenvalue weighted by molar-refractivity contribution is -0.127. The molecule has 6 nitrogen and oxygen atoms in total. The Bertz CT molecular complexity index is 434. The standard InChI is InChI=1S/C11H17N5O/c1-7-9(12-2)13-6-14-10(7)15-8-4-5-16(3)11(8)17/h6,8H,4-5H2,1-3H3,(H2,12,13,14,15). The van der Waals surface area contributed by atoms with Crippen molar-refractivity contribution in [2.45, 2.75) is 19.4 Å². The van der Waals surface area contributed by atoms with Gasteiger partial charge in [-0.1, -0.05) is 0 Å². The van der Waals surface area contributed by atoms with Crippen LogP contribution in [0.4, 0.5) is 11.6 Å². The van der Waals surface area contributed by atoms with Crippen molar-refractivity contribution in [1.82, 2.24) is 14.9 Å². The molecule has 6 heteroatoms. The smallest absolute Gasteiger partial charge is 0.244 e. The topological polar surface area (TPSA) is 70.2 Å². The van der Waals surface area contributed by atoms with E-state index in [9.17, 15) is 4.79 Å². The Morgan fingerprint density at radius 3 is 2.71 bits per heavy atom. The zero-order valence-electron chi connectivity index (χ0n) is 10.3. The van der Waals surface area contributed by atoms with E-state index in [0.29, 0.717) is 0 Å². The van der Waals surface area contributed by atoms with E-state index in [2.05, 4.69) is 20.6 Å². The van der Waals surface area contributed by atoms with Crippen LogP contribution in [0.25, 0.3) is 0 Å². The number of carbonyl (C=O) groups is 1. The maximum atomic E-state index is 11.8. The highest BCUT2D eigenvalue weighted by Crippen LogP contribution is 2.21. The molecule has 0 aromatic carbocycles. The lowest BCUT2D eigenvalue weighted by atomic mass is 10.2. The molecular weight excluding hydrogens is 218 g/mol. The maximum absolute atomic E-state index is 11.8. The molecule has 1 unspecified atom stereocenters. The average molecular weight is 235 g/mol. The molecular formula is C11H17N5O. The van der Waals surface area contributed by atoms with E-state index in [1.807, 2.05) is 21.0 Å². The van der Waals surface area contributed by atoms with Crippen LogP contribution in [0.5, 0.6) is 0 Å². The fourth-order valence-electron chi connectivity index (χ4n) is 1.97. The SMILES string of the molecule is CNc1ncnc(NC2CCN(C)C2=O)c1C. The van der Waals surface area contributed by atoms with Crippen molar-refractivity contribution in [3.05, 3.63) is 11.9 Å². The summed E-state index contributed by atoms with van der Waals surface area (Å²) in [6.45, 7) is 2.72. The van der Waals surface area contributed by atoms with Crippen LogP contribution in [0.3, 0.4) is 0 Å². The van der Waals surface area contributed by atoms with Gasteiger partial charge in [0.2, 0.25) is 5.91 Å². The van der Waals surface area contributed by atoms with Gasteiger partial charge in [-0.05, 0) is 13.3 Å². The van der Waals surface area contributed by atoms with Gasteiger partial charge in [0.1, 0.15) is 24.0 Å². The first-order valence-electron chi connectivity index (χ1n) is 5.64. The van der Waals surface area contributed by atoms with Crippen molar-refractivity contribution in [3.8, 4) is 0 Å². The molecule has 0 radical (unpaired) electrons. The number of hydrogen-bond acceptors (Lipinski definition) is 5. The van der Waals surface area contributed by atoms with Gasteiger partial charge in [0.15, 0.2) is 0 Å². The van der Waals surface area contributed by atoms with Crippen LogP contribution in [-0.4, -0.2) is 47.5 Å². The number of nitrogens with zero attached hydrogens (tertiary/aromatic N) is 3. The predicted octanol–water partition coefficient (Wildman–Crippen LogP) is 0.469. The molecule has 92 valence electrons. The number of anilines is 2. The van der Waals surface area contributed by atoms with Crippen LogP contribution in [0.15, 0.2) is 6.33 Å². The second kappa shape index (κ2) is 4.57. The first-order chi connectivity index (χ1) is 8.13. The minimum atomic E-state index is -0.168. The quantitative estimate of drug-likeness (QED) is 0.797. The van der Waals surface area contributed by atoms with Gasteiger partial charge in [-0.3, -0.25) is 4.79 Å². The Morgan fingerprint density at radius 2 is 2.12 bits per heavy atom. The number of likely N-dealkylation sites (tertiary alicyclic amines) is 1. The molecule has 2 heterocycles. The normalized spacial score (nSPS) is 19.6. The minimum Gasteiger partial charge on any atom is -0.373 e. The Labute approximate surface area is 100 Å². The zero-order chi connectivity index (χ0) is 12.4. The molecule has 1 aromatic heterocycles. The first kappa shape index (κ1) is 11.6. The molecule has 2 rings (SSSR count). The van der Waals surface area contributed by atoms with Crippen molar-refractivity contribution >= 4 is 17.5 Å². The first-order valence-corrected chi connectivity index (χ1v) is 5.64. The van der Waals surface area contributed by atoms with E-state index in [1.54, 1.807) is 4.90 Å². The molecule has 1 atom stereocenters. The summed E-state index contributed by atoms with van der Waals surface area (Å²) in [4.78, 5) is 21.8. The molecule has 0 spiro atoms. The molecule has 1 saturated heterocycles. The maximum Gasteiger partial charge on any atom is 0.244 e. The van der Waals surface area contributed by atoms with Gasteiger partial charge in [0.25, 0.3) is 0 Å². The van der Waals surface area contributed by atoms with Crippen LogP contribution in [0.2, 0.25) is 0 Å². The molecule has 0 bridgehead atoms. The summed E-state index contributed by atoms with van der Waals surface area (Å²) in [6.07, 6.45) is 2.30. The van der Waals surface area contributed by atoms with Crippen LogP contribution < -0.4 is 10.6 Å². The van der Waals surface area contributed by atoms with Gasteiger partial charge < -0.3 is 15.5 Å². The number of nitrogens with one attached hydrogen (secondary N) is 2. The zero-order valence-corrected chi connectivity index (χ0v) is 10.3. The number of carbonyl (C=O) groups excluding carboxylic acids is 1. The van der Waals surface area contributed by atoms with Gasteiger partial charge in [-0.2, -0.15) is 0 Å². The summed E-state index contributed by atoms with van der Waals surface area (Å²) in [5, 5.41) is 6.18. The summed E-state index contributed by atoms with van der Waals surface area (Å²) in [6, 6.07) is -0.168. The summed E-state index contributed by atoms with van der Waals surface area (Å²) in [5.74, 6) is 1.62. The third kappa shape index (κ3) is 2.15. The molecule has 0 aliphatic carbocycles. The lowest BCUT2D eigenvalue weighted by Gasteiger charge is -2.15. The van der Waals surface area contributed by atoms with Crippen molar-refractivity contribution in [1.29, 1.82) is 0 Å². The van der Waals surface area contributed by atoms with Crippen LogP contribution in [0, 0.1) is 6.92 Å². The Hall–Kier alpha value is -1.85. The van der Waals surface area contributed by atoms with Crippen molar-refractivity contribution in [2.24, 2.45) is 0 Å². The predicted molar refractivity (Wildman–Crippen MR) is 66.0 cm³/mol. The number of amides is 1. The largest absolute Gasteiger partial charge is 0.373 e. The van der Waals surface area contributed by atoms with E-state index >= 15 is 0 Å². The van der Waals surface area contributed by atoms with Crippen LogP contribution in [0.1, 0.15) is 12.0 Å². The van der Waals surface area contributed by atoms with E-state index in [4.69, 9.17) is 0 Å². The molecule has 1 aromatic rings. The molecule has 2 N–H and O–H groups in total. The number of aromatic nitrogens is 2. The summed E-state index contributed by atoms with van der Waals surface area (Å²) in [5.41, 5.74) is 0.928. The number of hydrogen-bond donors (Lipinski definition) is 2. The average Bonchev–Trinajstić information content (AvgIpc) is 2.64. The van der Waals surface area contributed by atoms with Crippen molar-refractivity contribution < 1.29 is 4.79 Å². The third-order valence-electron chi connectivity index (χ3n) is 3.06. The van der Waals surface area contributed by atoms with Gasteiger partial charge in [0.05, 0.1) is 0 Å². The minimum absolute atomic E-state index is 0.119. The lowest BCUT2D eigenvalue weighted by Crippen LogP contribution is -2.31. The highest BCUT2D eigenvalue weighted by molar-refractivity contribution is 5.86. The van der Waals surface area contributed by atoms with E-state index in [0.717, 1.165) is 30.2 Å². The van der Waals surface area contributed by atoms with E-state index < -0.39 is 0 Å². The molecule has 17 heavy (non-hydrogen) atoms. The van der Waals surface area contributed by atoms with Crippen LogP contribution in [-0.2, 0) is 4.79 Å². The molecule has 1 aliphatic heterocycles. The van der Waals surface area contributed by atoms with Gasteiger partial charge in [0, 0.05) is 26.2 Å². The van der Waals surface area contributed by atoms with E-state index in [-0.39, 0.29) is 11.9 Å². The summed E-state index contributed by atoms with van der Waals surface area (Å²) >= 11 is 0. The second-order valence-corrected chi connectivity index (χ2v) is 4.19. The monoisotopic (exact) mass is 235 g/mol. The molecule has 0 saturated carbocycles. The molecule has 1 aliphatic rings. The Morgan fingerprint density at radius 1 is 1.41 bits per heavy atom. The van der Waals surface area contributed by atoms with Crippen molar-refractivity contribution in [2.75, 3.05) is 31.3 Å². The fourth-order valence-corrected chi connectivity index (χ4v) is 1.97. The Balaban J connectivity index is 2.17. The Kier molecular flexibility index (Phi) is 3.12. The van der Waals surface area contributed by atoms with Crippen LogP contribution >= 0.6 is 0 Å². The van der Waals surface area contributed by atoms with Gasteiger partial charge in [-0.25, -0.2) is 9.97 Å². The number of likely N-dealkylation sites (N-methyl/N-ethyl adjacent to an activating group) is 1. The van der Waals surface area contributed by atoms with Gasteiger partial charge in [-0.15, -0.1) is 0 Å². The third-order valence-corrected chi connectivity index (χ3v) is 3.06. The van der Waals surface area contributed by atoms with Gasteiger partial charge >= 0.3 is 0 Å². The van der Waals surface area contributed by atoms with E-state index in [1.165, 1.54) is 6.33 Å². The second-order valence-electron chi connectivity index (χ2n) is 4.19. The summed E-state index contributed by atoms with van der Waals surface area (Å²) in [7, 11) is 3.63. The number of rotatable bonds is 3. The molecule has 1 fully saturated rings.